The molecule has 1 aliphatic carbocycles. The summed E-state index contributed by atoms with van der Waals surface area (Å²) < 4.78 is 5.30. The highest BCUT2D eigenvalue weighted by Gasteiger charge is 2.09. The quantitative estimate of drug-likeness (QED) is 0.420. The van der Waals surface area contributed by atoms with Crippen molar-refractivity contribution in [1.29, 1.82) is 0 Å². The fraction of sp³-hybridized carbons (Fsp3) is 0.231. The smallest absolute Gasteiger partial charge is 0.145 e. The van der Waals surface area contributed by atoms with Crippen LogP contribution in [0, 0.1) is 0 Å². The van der Waals surface area contributed by atoms with E-state index in [1.807, 2.05) is 38.1 Å². The van der Waals surface area contributed by atoms with Crippen LogP contribution in [-0.2, 0) is 0 Å². The molecule has 0 saturated heterocycles. The molecule has 0 radical (unpaired) electrons. The Hall–Kier alpha value is -3.60. The van der Waals surface area contributed by atoms with E-state index in [1.165, 1.54) is 5.57 Å². The zero-order valence-corrected chi connectivity index (χ0v) is 18.8. The second-order valence-electron chi connectivity index (χ2n) is 6.72. The Balaban J connectivity index is 0.00000166. The van der Waals surface area contributed by atoms with Crippen LogP contribution in [0.25, 0.3) is 11.3 Å². The summed E-state index contributed by atoms with van der Waals surface area (Å²) in [6.45, 7) is 10.0. The molecular formula is C26H32N4O. The first kappa shape index (κ1) is 23.7. The molecule has 1 unspecified atom stereocenters. The van der Waals surface area contributed by atoms with E-state index in [0.717, 1.165) is 23.3 Å². The van der Waals surface area contributed by atoms with E-state index in [9.17, 15) is 0 Å². The van der Waals surface area contributed by atoms with Gasteiger partial charge in [-0.05, 0) is 36.6 Å². The summed E-state index contributed by atoms with van der Waals surface area (Å²) in [5, 5.41) is 3.40. The van der Waals surface area contributed by atoms with Crippen LogP contribution in [0.4, 0.5) is 11.5 Å². The van der Waals surface area contributed by atoms with Crippen molar-refractivity contribution in [2.45, 2.75) is 33.2 Å². The van der Waals surface area contributed by atoms with E-state index in [1.54, 1.807) is 25.6 Å². The first-order chi connectivity index (χ1) is 15.1. The van der Waals surface area contributed by atoms with Crippen LogP contribution in [0.3, 0.4) is 0 Å². The normalized spacial score (nSPS) is 15.1. The molecule has 0 bridgehead atoms. The summed E-state index contributed by atoms with van der Waals surface area (Å²) in [5.74, 6) is 1.30. The van der Waals surface area contributed by atoms with Crippen LogP contribution in [-0.4, -0.2) is 23.1 Å². The molecule has 162 valence electrons. The van der Waals surface area contributed by atoms with Crippen LogP contribution in [0.1, 0.15) is 27.2 Å². The van der Waals surface area contributed by atoms with Crippen LogP contribution in [0.5, 0.6) is 5.75 Å². The van der Waals surface area contributed by atoms with Crippen molar-refractivity contribution in [1.82, 2.24) is 9.97 Å². The molecule has 3 N–H and O–H groups in total. The molecule has 5 heteroatoms. The number of aromatic nitrogens is 2. The summed E-state index contributed by atoms with van der Waals surface area (Å²) >= 11 is 0. The first-order valence-corrected chi connectivity index (χ1v) is 10.5. The maximum Gasteiger partial charge on any atom is 0.145 e. The lowest BCUT2D eigenvalue weighted by Crippen LogP contribution is -2.18. The number of methoxy groups -OCH3 is 1. The molecule has 1 aromatic heterocycles. The highest BCUT2D eigenvalue weighted by molar-refractivity contribution is 5.67. The number of nitrogens with zero attached hydrogens (tertiary/aromatic N) is 2. The third kappa shape index (κ3) is 6.71. The van der Waals surface area contributed by atoms with Gasteiger partial charge in [0.1, 0.15) is 11.6 Å². The Morgan fingerprint density at radius 2 is 2.06 bits per heavy atom. The second-order valence-corrected chi connectivity index (χ2v) is 6.72. The molecule has 0 saturated carbocycles. The Morgan fingerprint density at radius 3 is 2.74 bits per heavy atom. The van der Waals surface area contributed by atoms with Crippen molar-refractivity contribution in [3.8, 4) is 17.0 Å². The van der Waals surface area contributed by atoms with E-state index in [4.69, 9.17) is 10.5 Å². The highest BCUT2D eigenvalue weighted by Crippen LogP contribution is 2.28. The van der Waals surface area contributed by atoms with Gasteiger partial charge < -0.3 is 15.8 Å². The van der Waals surface area contributed by atoms with Gasteiger partial charge in [-0.15, -0.1) is 0 Å². The number of anilines is 2. The number of hydrogen-bond acceptors (Lipinski definition) is 5. The van der Waals surface area contributed by atoms with Crippen molar-refractivity contribution in [3.05, 3.63) is 90.9 Å². The monoisotopic (exact) mass is 416 g/mol. The molecule has 0 spiro atoms. The molecule has 5 nitrogen and oxygen atoms in total. The van der Waals surface area contributed by atoms with Crippen molar-refractivity contribution in [3.63, 3.8) is 0 Å². The van der Waals surface area contributed by atoms with Crippen LogP contribution >= 0.6 is 0 Å². The number of nitrogens with two attached hydrogens (primary N) is 1. The van der Waals surface area contributed by atoms with Crippen molar-refractivity contribution in [2.24, 2.45) is 0 Å². The van der Waals surface area contributed by atoms with E-state index >= 15 is 0 Å². The summed E-state index contributed by atoms with van der Waals surface area (Å²) in [4.78, 5) is 9.01. The SMILES string of the molecule is C=C/C(=C\C=C1\C=CC=CC1)C(C)Nc1cncc(-c2ccc(N)c(OC)c2)n1.CC. The van der Waals surface area contributed by atoms with E-state index in [-0.39, 0.29) is 6.04 Å². The molecular weight excluding hydrogens is 384 g/mol. The molecule has 0 fully saturated rings. The third-order valence-corrected chi connectivity index (χ3v) is 4.66. The Labute approximate surface area is 185 Å². The standard InChI is InChI=1S/C24H26N4O.C2H6/c1-4-19(11-10-18-8-6-5-7-9-18)17(2)27-24-16-26-15-22(28-24)20-12-13-21(25)23(14-20)29-3;1-2/h4-8,10-17H,1,9,25H2,2-3H3,(H,27,28);1-2H3/b18-10-,19-11+;. The first-order valence-electron chi connectivity index (χ1n) is 10.5. The second kappa shape index (κ2) is 12.2. The van der Waals surface area contributed by atoms with Gasteiger partial charge in [-0.3, -0.25) is 4.98 Å². The minimum absolute atomic E-state index is 0.0259. The lowest BCUT2D eigenvalue weighted by atomic mass is 10.0. The molecule has 2 aromatic rings. The van der Waals surface area contributed by atoms with Crippen molar-refractivity contribution >= 4 is 11.5 Å². The predicted octanol–water partition coefficient (Wildman–Crippen LogP) is 6.12. The van der Waals surface area contributed by atoms with Gasteiger partial charge in [-0.2, -0.15) is 0 Å². The number of rotatable bonds is 7. The topological polar surface area (TPSA) is 73.1 Å². The summed E-state index contributed by atoms with van der Waals surface area (Å²) in [6, 6.07) is 5.60. The number of allylic oxidation sites excluding steroid dienone is 7. The molecule has 31 heavy (non-hydrogen) atoms. The maximum absolute atomic E-state index is 5.90. The van der Waals surface area contributed by atoms with Gasteiger partial charge in [-0.1, -0.05) is 69.0 Å². The number of hydrogen-bond donors (Lipinski definition) is 2. The van der Waals surface area contributed by atoms with Crippen LogP contribution in [0.15, 0.2) is 90.9 Å². The molecule has 1 atom stereocenters. The van der Waals surface area contributed by atoms with Gasteiger partial charge >= 0.3 is 0 Å². The zero-order chi connectivity index (χ0) is 22.6. The summed E-state index contributed by atoms with van der Waals surface area (Å²) in [6.07, 6.45) is 18.8. The van der Waals surface area contributed by atoms with Crippen LogP contribution in [0.2, 0.25) is 0 Å². The molecule has 1 aliphatic rings. The average molecular weight is 417 g/mol. The zero-order valence-electron chi connectivity index (χ0n) is 18.8. The summed E-state index contributed by atoms with van der Waals surface area (Å²) in [7, 11) is 1.60. The van der Waals surface area contributed by atoms with E-state index in [2.05, 4.69) is 59.2 Å². The fourth-order valence-corrected chi connectivity index (χ4v) is 3.00. The van der Waals surface area contributed by atoms with Gasteiger partial charge in [0.05, 0.1) is 30.9 Å². The third-order valence-electron chi connectivity index (χ3n) is 4.66. The number of nitrogen functional groups attached to an aromatic ring is 1. The Morgan fingerprint density at radius 1 is 1.26 bits per heavy atom. The van der Waals surface area contributed by atoms with Gasteiger partial charge in [0.15, 0.2) is 0 Å². The number of nitrogens with one attached hydrogen (secondary N) is 1. The number of benzene rings is 1. The van der Waals surface area contributed by atoms with E-state index in [0.29, 0.717) is 17.3 Å². The predicted molar refractivity (Wildman–Crippen MR) is 132 cm³/mol. The van der Waals surface area contributed by atoms with E-state index < -0.39 is 0 Å². The fourth-order valence-electron chi connectivity index (χ4n) is 3.00. The van der Waals surface area contributed by atoms with Gasteiger partial charge in [0.2, 0.25) is 0 Å². The minimum atomic E-state index is 0.0259. The average Bonchev–Trinajstić information content (AvgIpc) is 2.82. The largest absolute Gasteiger partial charge is 0.495 e. The Bertz CT molecular complexity index is 1000. The summed E-state index contributed by atoms with van der Waals surface area (Å²) in [5.41, 5.74) is 10.5. The lowest BCUT2D eigenvalue weighted by Gasteiger charge is -2.16. The highest BCUT2D eigenvalue weighted by atomic mass is 16.5. The van der Waals surface area contributed by atoms with Gasteiger partial charge in [0.25, 0.3) is 0 Å². The van der Waals surface area contributed by atoms with Crippen molar-refractivity contribution < 1.29 is 4.74 Å². The van der Waals surface area contributed by atoms with Gasteiger partial charge in [0, 0.05) is 11.6 Å². The molecule has 1 heterocycles. The van der Waals surface area contributed by atoms with Gasteiger partial charge in [-0.25, -0.2) is 4.98 Å². The molecule has 0 aliphatic heterocycles. The number of ether oxygens (including phenoxy) is 1. The van der Waals surface area contributed by atoms with Crippen LogP contribution < -0.4 is 15.8 Å². The molecule has 0 amide bonds. The van der Waals surface area contributed by atoms with Crippen molar-refractivity contribution in [2.75, 3.05) is 18.2 Å². The molecule has 3 rings (SSSR count). The maximum atomic E-state index is 5.90. The Kier molecular flexibility index (Phi) is 9.30. The lowest BCUT2D eigenvalue weighted by molar-refractivity contribution is 0.417. The minimum Gasteiger partial charge on any atom is -0.495 e. The molecule has 1 aromatic carbocycles.